The number of rotatable bonds is 0. The van der Waals surface area contributed by atoms with Gasteiger partial charge >= 0.3 is 5.63 Å². The van der Waals surface area contributed by atoms with Crippen LogP contribution in [0.1, 0.15) is 0 Å². The highest BCUT2D eigenvalue weighted by Gasteiger charge is 2.02. The van der Waals surface area contributed by atoms with Crippen molar-refractivity contribution < 1.29 is 9.52 Å². The maximum absolute atomic E-state index is 11.1. The maximum Gasteiger partial charge on any atom is 0.349 e. The lowest BCUT2D eigenvalue weighted by atomic mass is 10.2. The van der Waals surface area contributed by atoms with Gasteiger partial charge in [-0.05, 0) is 40.8 Å². The minimum absolute atomic E-state index is 0.0943. The van der Waals surface area contributed by atoms with E-state index in [1.54, 1.807) is 18.2 Å². The molecule has 13 heavy (non-hydrogen) atoms. The van der Waals surface area contributed by atoms with Crippen molar-refractivity contribution in [3.63, 3.8) is 0 Å². The number of hydrogen-bond donors (Lipinski definition) is 1. The van der Waals surface area contributed by atoms with Gasteiger partial charge in [0.2, 0.25) is 0 Å². The van der Waals surface area contributed by atoms with E-state index in [4.69, 9.17) is 9.52 Å². The van der Waals surface area contributed by atoms with Gasteiger partial charge in [0, 0.05) is 11.5 Å². The summed E-state index contributed by atoms with van der Waals surface area (Å²) in [5, 5.41) is 9.93. The molecule has 0 radical (unpaired) electrons. The Balaban J connectivity index is 2.89. The summed E-state index contributed by atoms with van der Waals surface area (Å²) in [5.74, 6) is 0.0943. The Labute approximate surface area is 87.1 Å². The average molecular weight is 288 g/mol. The summed E-state index contributed by atoms with van der Waals surface area (Å²) < 4.78 is 5.49. The van der Waals surface area contributed by atoms with Gasteiger partial charge < -0.3 is 9.52 Å². The Hall–Kier alpha value is -1.04. The third-order valence-corrected chi connectivity index (χ3v) is 2.43. The number of fused-ring (bicyclic) bond motifs is 1. The van der Waals surface area contributed by atoms with Crippen LogP contribution in [0.5, 0.6) is 5.75 Å². The van der Waals surface area contributed by atoms with E-state index < -0.39 is 0 Å². The van der Waals surface area contributed by atoms with Crippen molar-refractivity contribution in [1.82, 2.24) is 0 Å². The first kappa shape index (κ1) is 8.55. The van der Waals surface area contributed by atoms with Gasteiger partial charge in [-0.1, -0.05) is 0 Å². The lowest BCUT2D eigenvalue weighted by molar-refractivity contribution is 0.473. The SMILES string of the molecule is O=c1oc2cc(O)ccc2cc1I. The number of hydrogen-bond acceptors (Lipinski definition) is 3. The second-order valence-corrected chi connectivity index (χ2v) is 3.77. The first-order valence-corrected chi connectivity index (χ1v) is 4.67. The molecule has 1 aromatic heterocycles. The fraction of sp³-hybridized carbons (Fsp3) is 0. The topological polar surface area (TPSA) is 50.4 Å². The summed E-state index contributed by atoms with van der Waals surface area (Å²) in [6.07, 6.45) is 0. The van der Waals surface area contributed by atoms with E-state index in [0.717, 1.165) is 5.39 Å². The highest BCUT2D eigenvalue weighted by atomic mass is 127. The van der Waals surface area contributed by atoms with E-state index in [1.807, 2.05) is 22.6 Å². The number of benzene rings is 1. The molecule has 0 aliphatic carbocycles. The standard InChI is InChI=1S/C9H5IO3/c10-7-3-5-1-2-6(11)4-8(5)13-9(7)12/h1-4,11H. The van der Waals surface area contributed by atoms with Crippen molar-refractivity contribution in [2.75, 3.05) is 0 Å². The molecule has 4 heteroatoms. The van der Waals surface area contributed by atoms with Crippen LogP contribution in [0.2, 0.25) is 0 Å². The molecule has 0 fully saturated rings. The molecule has 66 valence electrons. The second-order valence-electron chi connectivity index (χ2n) is 2.60. The van der Waals surface area contributed by atoms with Crippen molar-refractivity contribution in [1.29, 1.82) is 0 Å². The van der Waals surface area contributed by atoms with Crippen molar-refractivity contribution in [3.8, 4) is 5.75 Å². The Bertz CT molecular complexity index is 516. The molecular formula is C9H5IO3. The van der Waals surface area contributed by atoms with Crippen LogP contribution in [-0.4, -0.2) is 5.11 Å². The molecule has 2 rings (SSSR count). The van der Waals surface area contributed by atoms with E-state index in [0.29, 0.717) is 9.15 Å². The molecule has 0 amide bonds. The molecule has 0 atom stereocenters. The summed E-state index contributed by atoms with van der Waals surface area (Å²) >= 11 is 1.91. The molecule has 1 N–H and O–H groups in total. The van der Waals surface area contributed by atoms with E-state index in [-0.39, 0.29) is 11.4 Å². The zero-order valence-corrected chi connectivity index (χ0v) is 8.61. The van der Waals surface area contributed by atoms with Gasteiger partial charge in [-0.2, -0.15) is 0 Å². The quantitative estimate of drug-likeness (QED) is 0.596. The third kappa shape index (κ3) is 1.53. The summed E-state index contributed by atoms with van der Waals surface area (Å²) in [4.78, 5) is 11.1. The van der Waals surface area contributed by atoms with Crippen LogP contribution < -0.4 is 5.63 Å². The zero-order chi connectivity index (χ0) is 9.42. The number of phenolic OH excluding ortho intramolecular Hbond substituents is 1. The van der Waals surface area contributed by atoms with E-state index in [1.165, 1.54) is 6.07 Å². The largest absolute Gasteiger partial charge is 0.508 e. The first-order chi connectivity index (χ1) is 6.16. The highest BCUT2D eigenvalue weighted by Crippen LogP contribution is 2.19. The fourth-order valence-corrected chi connectivity index (χ4v) is 1.52. The van der Waals surface area contributed by atoms with Gasteiger partial charge in [0.05, 0.1) is 3.57 Å². The lowest BCUT2D eigenvalue weighted by Crippen LogP contribution is -2.01. The minimum atomic E-state index is -0.376. The third-order valence-electron chi connectivity index (χ3n) is 1.68. The van der Waals surface area contributed by atoms with Crippen molar-refractivity contribution in [2.45, 2.75) is 0 Å². The Morgan fingerprint density at radius 2 is 2.08 bits per heavy atom. The molecular weight excluding hydrogens is 283 g/mol. The molecule has 0 saturated heterocycles. The lowest BCUT2D eigenvalue weighted by Gasteiger charge is -1.97. The molecule has 0 bridgehead atoms. The molecule has 0 unspecified atom stereocenters. The predicted octanol–water partition coefficient (Wildman–Crippen LogP) is 2.10. The number of aromatic hydroxyl groups is 1. The van der Waals surface area contributed by atoms with E-state index >= 15 is 0 Å². The zero-order valence-electron chi connectivity index (χ0n) is 6.45. The van der Waals surface area contributed by atoms with Crippen LogP contribution in [0.15, 0.2) is 33.5 Å². The smallest absolute Gasteiger partial charge is 0.349 e. The fourth-order valence-electron chi connectivity index (χ4n) is 1.07. The van der Waals surface area contributed by atoms with Gasteiger partial charge in [-0.25, -0.2) is 4.79 Å². The van der Waals surface area contributed by atoms with Crippen molar-refractivity contribution in [3.05, 3.63) is 38.3 Å². The van der Waals surface area contributed by atoms with Crippen molar-refractivity contribution in [2.24, 2.45) is 0 Å². The molecule has 0 saturated carbocycles. The summed E-state index contributed by atoms with van der Waals surface area (Å²) in [7, 11) is 0. The van der Waals surface area contributed by atoms with Gasteiger partial charge in [0.15, 0.2) is 0 Å². The van der Waals surface area contributed by atoms with Crippen LogP contribution in [0.4, 0.5) is 0 Å². The summed E-state index contributed by atoms with van der Waals surface area (Å²) in [6.45, 7) is 0. The van der Waals surface area contributed by atoms with Crippen molar-refractivity contribution >= 4 is 33.6 Å². The molecule has 0 aliphatic rings. The molecule has 2 aromatic rings. The van der Waals surface area contributed by atoms with Gasteiger partial charge in [0.1, 0.15) is 11.3 Å². The minimum Gasteiger partial charge on any atom is -0.508 e. The molecule has 1 heterocycles. The molecule has 1 aromatic carbocycles. The Morgan fingerprint density at radius 1 is 1.31 bits per heavy atom. The Kier molecular flexibility index (Phi) is 1.99. The Morgan fingerprint density at radius 3 is 2.85 bits per heavy atom. The van der Waals surface area contributed by atoms with E-state index in [2.05, 4.69) is 0 Å². The van der Waals surface area contributed by atoms with E-state index in [9.17, 15) is 4.79 Å². The number of phenols is 1. The predicted molar refractivity (Wildman–Crippen MR) is 56.9 cm³/mol. The molecule has 0 spiro atoms. The van der Waals surface area contributed by atoms with Crippen LogP contribution in [0.3, 0.4) is 0 Å². The normalized spacial score (nSPS) is 10.5. The molecule has 0 aliphatic heterocycles. The first-order valence-electron chi connectivity index (χ1n) is 3.59. The van der Waals surface area contributed by atoms with Gasteiger partial charge in [-0.15, -0.1) is 0 Å². The number of halogens is 1. The second kappa shape index (κ2) is 3.02. The van der Waals surface area contributed by atoms with Crippen LogP contribution in [0.25, 0.3) is 11.0 Å². The summed E-state index contributed by atoms with van der Waals surface area (Å²) in [6, 6.07) is 6.40. The van der Waals surface area contributed by atoms with Gasteiger partial charge in [-0.3, -0.25) is 0 Å². The van der Waals surface area contributed by atoms with Crippen LogP contribution in [0, 0.1) is 3.57 Å². The van der Waals surface area contributed by atoms with Crippen LogP contribution >= 0.6 is 22.6 Å². The monoisotopic (exact) mass is 288 g/mol. The van der Waals surface area contributed by atoms with Gasteiger partial charge in [0.25, 0.3) is 0 Å². The average Bonchev–Trinajstić information content (AvgIpc) is 2.08. The van der Waals surface area contributed by atoms with Crippen LogP contribution in [-0.2, 0) is 0 Å². The molecule has 3 nitrogen and oxygen atoms in total. The maximum atomic E-state index is 11.1. The highest BCUT2D eigenvalue weighted by molar-refractivity contribution is 14.1. The summed E-state index contributed by atoms with van der Waals surface area (Å²) in [5.41, 5.74) is 0.0316.